The number of Topliss-reactive ketones (excluding diaryl/α,β-unsaturated/α-hetero) is 1. The number of benzene rings is 11. The van der Waals surface area contributed by atoms with Gasteiger partial charge in [-0.05, 0) is 276 Å². The lowest BCUT2D eigenvalue weighted by Gasteiger charge is -2.43. The minimum atomic E-state index is -1.94. The highest BCUT2D eigenvalue weighted by molar-refractivity contribution is 9.12. The lowest BCUT2D eigenvalue weighted by atomic mass is 9.79. The normalized spacial score (nSPS) is 15.5. The number of anilines is 4. The number of aliphatic hydroxyl groups is 2. The fraction of sp³-hybridized carbons (Fsp3) is 0.198. The van der Waals surface area contributed by atoms with E-state index in [2.05, 4.69) is 121 Å². The summed E-state index contributed by atoms with van der Waals surface area (Å²) in [6.07, 6.45) is 2.88. The van der Waals surface area contributed by atoms with Gasteiger partial charge in [-0.3, -0.25) is 34.0 Å². The summed E-state index contributed by atoms with van der Waals surface area (Å²) >= 11 is 65.5. The summed E-state index contributed by atoms with van der Waals surface area (Å²) < 4.78 is 11.1. The molecule has 2 aliphatic heterocycles. The highest BCUT2D eigenvalue weighted by Crippen LogP contribution is 2.54. The lowest BCUT2D eigenvalue weighted by molar-refractivity contribution is -0.178. The van der Waals surface area contributed by atoms with Crippen molar-refractivity contribution in [1.82, 2.24) is 5.06 Å². The molecule has 0 spiro atoms. The van der Waals surface area contributed by atoms with E-state index in [1.165, 1.54) is 45.1 Å². The number of hydroxylamine groups is 2. The molecule has 0 radical (unpaired) electrons. The van der Waals surface area contributed by atoms with Crippen LogP contribution in [0.1, 0.15) is 93.6 Å². The first-order valence-corrected chi connectivity index (χ1v) is 44.4. The third kappa shape index (κ3) is 24.8. The minimum absolute atomic E-state index is 0.0463. The highest BCUT2D eigenvalue weighted by atomic mass is 79.9. The van der Waals surface area contributed by atoms with E-state index >= 15 is 0 Å². The number of urea groups is 2. The number of hydrogen-bond donors (Lipinski definition) is 2. The van der Waals surface area contributed by atoms with Gasteiger partial charge in [-0.15, -0.1) is 5.26 Å². The second-order valence-corrected chi connectivity index (χ2v) is 39.0. The van der Waals surface area contributed by atoms with Crippen LogP contribution in [0.3, 0.4) is 0 Å². The van der Waals surface area contributed by atoms with Crippen LogP contribution in [0.2, 0.25) is 35.2 Å². The zero-order valence-electron chi connectivity index (χ0n) is 66.2. The molecule has 11 aromatic carbocycles. The molecule has 2 heterocycles. The molecule has 2 aliphatic rings. The van der Waals surface area contributed by atoms with Crippen molar-refractivity contribution in [3.63, 3.8) is 0 Å². The average Bonchev–Trinajstić information content (AvgIpc) is 1.54. The Labute approximate surface area is 798 Å². The molecule has 121 heavy (non-hydrogen) atoms. The van der Waals surface area contributed by atoms with Gasteiger partial charge in [-0.25, -0.2) is 19.5 Å². The quantitative estimate of drug-likeness (QED) is 0.0431. The maximum absolute atomic E-state index is 13.9. The number of rotatable bonds is 15. The molecule has 0 bridgehead atoms. The van der Waals surface area contributed by atoms with Gasteiger partial charge in [-0.2, -0.15) is 5.26 Å². The zero-order chi connectivity index (χ0) is 89.4. The number of nitriles is 2. The Morgan fingerprint density at radius 1 is 0.446 bits per heavy atom. The predicted molar refractivity (Wildman–Crippen MR) is 513 cm³/mol. The molecule has 0 aromatic heterocycles. The Morgan fingerprint density at radius 3 is 1.05 bits per heavy atom. The molecule has 16 nitrogen and oxygen atoms in total. The summed E-state index contributed by atoms with van der Waals surface area (Å²) in [6, 6.07) is 71.5. The van der Waals surface area contributed by atoms with E-state index in [0.29, 0.717) is 87.6 Å². The third-order valence-electron chi connectivity index (χ3n) is 19.2. The molecule has 2 atom stereocenters. The van der Waals surface area contributed by atoms with Gasteiger partial charge in [0.1, 0.15) is 5.75 Å². The number of ketones is 1. The second kappa shape index (κ2) is 43.0. The Bertz CT molecular complexity index is 5550. The monoisotopic (exact) mass is 2210 g/mol. The summed E-state index contributed by atoms with van der Waals surface area (Å²) in [4.78, 5) is 66.7. The number of carbonyl (C=O) groups excluding carboxylic acids is 4. The van der Waals surface area contributed by atoms with Crippen molar-refractivity contribution < 1.29 is 39.0 Å². The highest BCUT2D eigenvalue weighted by Gasteiger charge is 2.65. The van der Waals surface area contributed by atoms with Crippen molar-refractivity contribution in [2.75, 3.05) is 33.8 Å². The van der Waals surface area contributed by atoms with Gasteiger partial charge in [0.25, 0.3) is 12.2 Å². The molecule has 2 unspecified atom stereocenters. The topological polar surface area (TPSA) is 195 Å². The van der Waals surface area contributed by atoms with Crippen LogP contribution in [0.5, 0.6) is 5.75 Å². The molecule has 11 aromatic rings. The van der Waals surface area contributed by atoms with Gasteiger partial charge in [0.05, 0.1) is 30.8 Å². The predicted octanol–water partition coefficient (Wildman–Crippen LogP) is 29.5. The average molecular weight is 2220 g/mol. The van der Waals surface area contributed by atoms with Crippen LogP contribution in [0.4, 0.5) is 38.0 Å². The number of amides is 5. The molecular formula is C91H76Br7Cl7N8O8. The van der Waals surface area contributed by atoms with Gasteiger partial charge in [0, 0.05) is 124 Å². The van der Waals surface area contributed by atoms with Crippen LogP contribution >= 0.6 is 193 Å². The summed E-state index contributed by atoms with van der Waals surface area (Å²) in [7, 11) is 3.10. The molecule has 0 aliphatic carbocycles. The van der Waals surface area contributed by atoms with E-state index in [0.717, 1.165) is 42.4 Å². The molecule has 0 saturated carbocycles. The lowest BCUT2D eigenvalue weighted by Crippen LogP contribution is -2.56. The van der Waals surface area contributed by atoms with Crippen LogP contribution in [-0.2, 0) is 33.9 Å². The summed E-state index contributed by atoms with van der Waals surface area (Å²) in [5.41, 5.74) is -0.744. The number of hydrogen-bond acceptors (Lipinski definition) is 10. The fourth-order valence-corrected chi connectivity index (χ4v) is 19.2. The molecule has 2 saturated heterocycles. The van der Waals surface area contributed by atoms with Crippen LogP contribution in [0.15, 0.2) is 274 Å². The molecule has 13 rings (SSSR count). The molecule has 626 valence electrons. The Balaban J connectivity index is 0.000000191. The van der Waals surface area contributed by atoms with Gasteiger partial charge in [-0.1, -0.05) is 245 Å². The number of halogens is 14. The number of nitrogens with zero attached hydrogens (tertiary/aromatic N) is 8. The van der Waals surface area contributed by atoms with E-state index in [9.17, 15) is 34.7 Å². The first-order valence-electron chi connectivity index (χ1n) is 36.2. The fourth-order valence-electron chi connectivity index (χ4n) is 13.3. The Hall–Kier alpha value is -7.36. The van der Waals surface area contributed by atoms with Crippen molar-refractivity contribution in [1.29, 1.82) is 10.5 Å². The van der Waals surface area contributed by atoms with E-state index in [1.54, 1.807) is 153 Å². The van der Waals surface area contributed by atoms with Crippen molar-refractivity contribution in [2.24, 2.45) is 10.8 Å². The van der Waals surface area contributed by atoms with E-state index < -0.39 is 39.4 Å². The number of ether oxygens (including phenoxy) is 1. The standard InChI is InChI=1S/C25H18Cl2N4O2.C23H18Br2Cl2N2O2.C17H15Br2ClO.C13H18ClNO2.C7H4ClNO.C6H3Br3/c1-24(2)25(33,17-12-16(15-28)13-20(14-17)29-3)31(22-10-6-19(27)7-11-22)23(32)30(24)21-8-4-18(26)5-9-21;1-22(2)23(31,14-11-15(24)13-16(25)12-14)29(20-9-5-18(27)6-10-20)21(30)28(22)19-7-3-17(26)4-8-19;1-17(2,10-11-3-5-15(20)6-4-11)16(21)12-7-13(18)9-14(19)8-12;1-13(2,12(16)15(3)17-4)9-10-5-7-11(14)8-6-10;8-6-1-3-7(4-2-6)10-5-9;7-4-1-5(8)3-6(9)2-4/h4-14,33H,1-2H3;3-13,31H,1-2H3;3-9H,10H2,1-2H3;5-8H,9H2,1-4H3;1-4H;1-3H. The summed E-state index contributed by atoms with van der Waals surface area (Å²) in [5, 5.41) is 47.7. The Morgan fingerprint density at radius 2 is 0.736 bits per heavy atom. The van der Waals surface area contributed by atoms with Gasteiger partial charge < -0.3 is 14.9 Å². The molecular weight excluding hydrogens is 2140 g/mol. The van der Waals surface area contributed by atoms with Crippen molar-refractivity contribution >= 4 is 245 Å². The van der Waals surface area contributed by atoms with Crippen molar-refractivity contribution in [2.45, 2.75) is 90.8 Å². The summed E-state index contributed by atoms with van der Waals surface area (Å²) in [6.45, 7) is 22.3. The van der Waals surface area contributed by atoms with E-state index in [-0.39, 0.29) is 34.5 Å². The summed E-state index contributed by atoms with van der Waals surface area (Å²) in [5.74, 6) is 0.585. The zero-order valence-corrected chi connectivity index (χ0v) is 82.6. The Kier molecular flexibility index (Phi) is 35.2. The third-order valence-corrected chi connectivity index (χ3v) is 24.2. The van der Waals surface area contributed by atoms with Gasteiger partial charge >= 0.3 is 12.1 Å². The first kappa shape index (κ1) is 99.1. The molecule has 2 N–H and O–H groups in total. The van der Waals surface area contributed by atoms with Crippen molar-refractivity contribution in [3.05, 3.63) is 354 Å². The maximum Gasteiger partial charge on any atom is 0.332 e. The molecule has 30 heteroatoms. The number of carbonyl (C=O) groups is 4. The van der Waals surface area contributed by atoms with Crippen LogP contribution in [0.25, 0.3) is 4.85 Å². The first-order chi connectivity index (χ1) is 56.8. The largest absolute Gasteiger partial charge is 0.388 e. The maximum atomic E-state index is 13.9. The van der Waals surface area contributed by atoms with Crippen LogP contribution in [0, 0.1) is 40.3 Å². The van der Waals surface area contributed by atoms with Gasteiger partial charge in [0.15, 0.2) is 22.9 Å². The van der Waals surface area contributed by atoms with Gasteiger partial charge in [0.2, 0.25) is 0 Å². The molecule has 5 amide bonds. The molecule has 2 fully saturated rings. The van der Waals surface area contributed by atoms with Crippen LogP contribution < -0.4 is 24.3 Å². The SMILES string of the molecule is Brc1cc(Br)cc(Br)c1.CC(C)(Cc1ccc(Cl)cc1)C(=O)c1cc(Br)cc(Br)c1.CC1(C)N(c2ccc(Cl)cc2)C(=O)N(c2ccc(Cl)cc2)C1(O)c1cc(Br)cc(Br)c1.CON(C)C(=O)C(C)(C)Cc1ccc(Cl)cc1.N#COc1ccc(Cl)cc1.[C-]#[N+]c1cc(C#N)cc(C2(O)N(c3ccc(Cl)cc3)C(=O)N(c3ccc(Cl)cc3)C2(C)C)c1. The second-order valence-electron chi connectivity index (χ2n) is 29.5. The van der Waals surface area contributed by atoms with E-state index in [4.69, 9.17) is 97.9 Å². The smallest absolute Gasteiger partial charge is 0.332 e. The van der Waals surface area contributed by atoms with Crippen LogP contribution in [-0.4, -0.2) is 64.3 Å². The minimum Gasteiger partial charge on any atom is -0.388 e. The van der Waals surface area contributed by atoms with Crippen molar-refractivity contribution in [3.8, 4) is 18.1 Å². The van der Waals surface area contributed by atoms with E-state index in [1.807, 2.05) is 151 Å².